The molecule has 1 N–H and O–H groups in total. The van der Waals surface area contributed by atoms with Gasteiger partial charge >= 0.3 is 6.09 Å². The average molecular weight is 205 g/mol. The summed E-state index contributed by atoms with van der Waals surface area (Å²) in [6.07, 6.45) is -0.449. The minimum atomic E-state index is -0.321. The van der Waals surface area contributed by atoms with Gasteiger partial charge in [0.2, 0.25) is 0 Å². The van der Waals surface area contributed by atoms with Crippen LogP contribution in [-0.4, -0.2) is 12.6 Å². The smallest absolute Gasteiger partial charge is 0.407 e. The molecule has 1 atom stereocenters. The molecule has 1 aliphatic rings. The van der Waals surface area contributed by atoms with E-state index in [1.165, 1.54) is 5.56 Å². The van der Waals surface area contributed by atoms with Crippen molar-refractivity contribution in [2.24, 2.45) is 0 Å². The van der Waals surface area contributed by atoms with E-state index in [1.54, 1.807) is 0 Å². The van der Waals surface area contributed by atoms with E-state index >= 15 is 0 Å². The average Bonchev–Trinajstić information content (AvgIpc) is 2.65. The molecular weight excluding hydrogens is 190 g/mol. The molecule has 3 nitrogen and oxygen atoms in total. The van der Waals surface area contributed by atoms with Crippen molar-refractivity contribution in [3.63, 3.8) is 0 Å². The number of alkyl carbamates (subject to hydrolysis) is 1. The van der Waals surface area contributed by atoms with Gasteiger partial charge in [-0.2, -0.15) is 0 Å². The van der Waals surface area contributed by atoms with Gasteiger partial charge in [-0.25, -0.2) is 4.79 Å². The van der Waals surface area contributed by atoms with E-state index in [0.717, 1.165) is 5.56 Å². The Morgan fingerprint density at radius 3 is 2.73 bits per heavy atom. The second kappa shape index (κ2) is 3.93. The summed E-state index contributed by atoms with van der Waals surface area (Å²) < 4.78 is 5.19. The molecule has 2 rings (SSSR count). The first kappa shape index (κ1) is 10.0. The summed E-state index contributed by atoms with van der Waals surface area (Å²) in [4.78, 5) is 11.0. The highest BCUT2D eigenvalue weighted by molar-refractivity contribution is 5.69. The fourth-order valence-corrected chi connectivity index (χ4v) is 1.89. The molecule has 80 valence electrons. The third-order valence-electron chi connectivity index (χ3n) is 2.65. The Labute approximate surface area is 89.4 Å². The number of rotatable bonds is 2. The first-order chi connectivity index (χ1) is 7.18. The van der Waals surface area contributed by atoms with Gasteiger partial charge in [-0.1, -0.05) is 38.1 Å². The zero-order valence-electron chi connectivity index (χ0n) is 8.99. The number of carbonyl (C=O) groups excluding carboxylic acids is 1. The van der Waals surface area contributed by atoms with Crippen LogP contribution in [0, 0.1) is 0 Å². The molecule has 1 aliphatic heterocycles. The predicted octanol–water partition coefficient (Wildman–Crippen LogP) is 2.59. The first-order valence-electron chi connectivity index (χ1n) is 5.22. The quantitative estimate of drug-likeness (QED) is 0.805. The Balaban J connectivity index is 2.31. The maximum Gasteiger partial charge on any atom is 0.407 e. The summed E-state index contributed by atoms with van der Waals surface area (Å²) in [6.45, 7) is 4.86. The van der Waals surface area contributed by atoms with Crippen LogP contribution in [0.1, 0.15) is 37.0 Å². The standard InChI is InChI=1S/C12H15NO2/c1-8(2)9-5-3-4-6-10(9)11-7-13-12(14)15-11/h3-6,8,11H,7H2,1-2H3,(H,13,14). The third kappa shape index (κ3) is 1.96. The van der Waals surface area contributed by atoms with Crippen LogP contribution in [0.2, 0.25) is 0 Å². The number of benzene rings is 1. The fraction of sp³-hybridized carbons (Fsp3) is 0.417. The first-order valence-corrected chi connectivity index (χ1v) is 5.22. The van der Waals surface area contributed by atoms with Crippen molar-refractivity contribution in [1.29, 1.82) is 0 Å². The highest BCUT2D eigenvalue weighted by Crippen LogP contribution is 2.28. The molecular formula is C12H15NO2. The molecule has 1 amide bonds. The Morgan fingerprint density at radius 1 is 1.40 bits per heavy atom. The molecule has 1 heterocycles. The van der Waals surface area contributed by atoms with E-state index in [4.69, 9.17) is 4.74 Å². The lowest BCUT2D eigenvalue weighted by Gasteiger charge is -2.16. The number of carbonyl (C=O) groups is 1. The lowest BCUT2D eigenvalue weighted by Crippen LogP contribution is -2.12. The van der Waals surface area contributed by atoms with Crippen LogP contribution in [-0.2, 0) is 4.74 Å². The molecule has 1 fully saturated rings. The molecule has 15 heavy (non-hydrogen) atoms. The number of ether oxygens (including phenoxy) is 1. The summed E-state index contributed by atoms with van der Waals surface area (Å²) >= 11 is 0. The van der Waals surface area contributed by atoms with Crippen molar-refractivity contribution in [2.75, 3.05) is 6.54 Å². The normalized spacial score (nSPS) is 20.2. The van der Waals surface area contributed by atoms with Crippen molar-refractivity contribution >= 4 is 6.09 Å². The Morgan fingerprint density at radius 2 is 2.13 bits per heavy atom. The number of hydrogen-bond acceptors (Lipinski definition) is 2. The van der Waals surface area contributed by atoms with Gasteiger partial charge in [0.15, 0.2) is 0 Å². The monoisotopic (exact) mass is 205 g/mol. The SMILES string of the molecule is CC(C)c1ccccc1C1CNC(=O)O1. The summed E-state index contributed by atoms with van der Waals surface area (Å²) in [5.74, 6) is 0.445. The second-order valence-corrected chi connectivity index (χ2v) is 4.06. The van der Waals surface area contributed by atoms with Crippen LogP contribution >= 0.6 is 0 Å². The highest BCUT2D eigenvalue weighted by atomic mass is 16.6. The maximum atomic E-state index is 11.0. The molecule has 0 radical (unpaired) electrons. The van der Waals surface area contributed by atoms with Crippen molar-refractivity contribution in [3.8, 4) is 0 Å². The molecule has 1 aromatic carbocycles. The van der Waals surface area contributed by atoms with E-state index in [9.17, 15) is 4.79 Å². The van der Waals surface area contributed by atoms with E-state index in [2.05, 4.69) is 25.2 Å². The summed E-state index contributed by atoms with van der Waals surface area (Å²) in [6, 6.07) is 8.11. The van der Waals surface area contributed by atoms with E-state index < -0.39 is 0 Å². The molecule has 0 aliphatic carbocycles. The van der Waals surface area contributed by atoms with Crippen LogP contribution in [0.3, 0.4) is 0 Å². The van der Waals surface area contributed by atoms with Gasteiger partial charge in [0, 0.05) is 0 Å². The Kier molecular flexibility index (Phi) is 2.62. The lowest BCUT2D eigenvalue weighted by molar-refractivity contribution is 0.140. The van der Waals surface area contributed by atoms with Crippen molar-refractivity contribution in [2.45, 2.75) is 25.9 Å². The van der Waals surface area contributed by atoms with Gasteiger partial charge in [0.05, 0.1) is 6.54 Å². The van der Waals surface area contributed by atoms with Crippen molar-refractivity contribution in [3.05, 3.63) is 35.4 Å². The molecule has 0 aromatic heterocycles. The van der Waals surface area contributed by atoms with Crippen LogP contribution < -0.4 is 5.32 Å². The topological polar surface area (TPSA) is 38.3 Å². The number of hydrogen-bond donors (Lipinski definition) is 1. The molecule has 1 unspecified atom stereocenters. The molecule has 0 bridgehead atoms. The number of nitrogens with one attached hydrogen (secondary N) is 1. The van der Waals surface area contributed by atoms with Gasteiger partial charge in [-0.3, -0.25) is 0 Å². The number of cyclic esters (lactones) is 1. The van der Waals surface area contributed by atoms with E-state index in [1.807, 2.05) is 18.2 Å². The predicted molar refractivity (Wildman–Crippen MR) is 57.8 cm³/mol. The highest BCUT2D eigenvalue weighted by Gasteiger charge is 2.26. The Hall–Kier alpha value is -1.51. The molecule has 1 saturated heterocycles. The molecule has 0 saturated carbocycles. The minimum Gasteiger partial charge on any atom is -0.439 e. The second-order valence-electron chi connectivity index (χ2n) is 4.06. The largest absolute Gasteiger partial charge is 0.439 e. The fourth-order valence-electron chi connectivity index (χ4n) is 1.89. The minimum absolute atomic E-state index is 0.129. The third-order valence-corrected chi connectivity index (χ3v) is 2.65. The lowest BCUT2D eigenvalue weighted by atomic mass is 9.94. The van der Waals surface area contributed by atoms with E-state index in [0.29, 0.717) is 12.5 Å². The summed E-state index contributed by atoms with van der Waals surface area (Å²) in [5, 5.41) is 2.67. The van der Waals surface area contributed by atoms with Crippen LogP contribution in [0.15, 0.2) is 24.3 Å². The van der Waals surface area contributed by atoms with E-state index in [-0.39, 0.29) is 12.2 Å². The molecule has 1 aromatic rings. The van der Waals surface area contributed by atoms with Gasteiger partial charge in [0.25, 0.3) is 0 Å². The van der Waals surface area contributed by atoms with Crippen LogP contribution in [0.5, 0.6) is 0 Å². The Bertz CT molecular complexity index is 374. The van der Waals surface area contributed by atoms with Crippen LogP contribution in [0.25, 0.3) is 0 Å². The van der Waals surface area contributed by atoms with Gasteiger partial charge < -0.3 is 10.1 Å². The molecule has 0 spiro atoms. The van der Waals surface area contributed by atoms with Crippen molar-refractivity contribution in [1.82, 2.24) is 5.32 Å². The zero-order chi connectivity index (χ0) is 10.8. The summed E-state index contributed by atoms with van der Waals surface area (Å²) in [5.41, 5.74) is 2.37. The summed E-state index contributed by atoms with van der Waals surface area (Å²) in [7, 11) is 0. The zero-order valence-corrected chi connectivity index (χ0v) is 8.99. The van der Waals surface area contributed by atoms with Gasteiger partial charge in [0.1, 0.15) is 6.10 Å². The molecule has 3 heteroatoms. The van der Waals surface area contributed by atoms with Gasteiger partial charge in [-0.05, 0) is 17.0 Å². The number of amides is 1. The maximum absolute atomic E-state index is 11.0. The van der Waals surface area contributed by atoms with Crippen molar-refractivity contribution < 1.29 is 9.53 Å². The van der Waals surface area contributed by atoms with Crippen LogP contribution in [0.4, 0.5) is 4.79 Å². The van der Waals surface area contributed by atoms with Gasteiger partial charge in [-0.15, -0.1) is 0 Å².